The molecule has 1 amide bonds. The van der Waals surface area contributed by atoms with Gasteiger partial charge < -0.3 is 15.1 Å². The first-order valence-corrected chi connectivity index (χ1v) is 11.0. The van der Waals surface area contributed by atoms with Gasteiger partial charge in [-0.3, -0.25) is 4.79 Å². The smallest absolute Gasteiger partial charge is 0.251 e. The molecule has 3 aromatic rings. The molecule has 0 aliphatic carbocycles. The Hall–Kier alpha value is -2.76. The van der Waals surface area contributed by atoms with Crippen molar-refractivity contribution in [1.82, 2.24) is 10.2 Å². The number of carbonyl (C=O) groups is 1. The highest BCUT2D eigenvalue weighted by Crippen LogP contribution is 2.49. The molecule has 1 unspecified atom stereocenters. The molecule has 1 aliphatic heterocycles. The Morgan fingerprint density at radius 3 is 2.43 bits per heavy atom. The molecule has 1 heterocycles. The number of carbonyl (C=O) groups excluding carboxylic acids is 1. The van der Waals surface area contributed by atoms with Crippen LogP contribution in [0.3, 0.4) is 0 Å². The van der Waals surface area contributed by atoms with Crippen LogP contribution in [-0.4, -0.2) is 37.5 Å². The molecule has 1 atom stereocenters. The molecule has 1 N–H and O–H groups in total. The molecule has 0 saturated carbocycles. The highest BCUT2D eigenvalue weighted by atomic mass is 32.2. The van der Waals surface area contributed by atoms with Crippen molar-refractivity contribution < 1.29 is 4.79 Å². The van der Waals surface area contributed by atoms with Crippen LogP contribution in [0.4, 0.5) is 11.4 Å². The maximum absolute atomic E-state index is 12.9. The van der Waals surface area contributed by atoms with Crippen molar-refractivity contribution in [2.75, 3.05) is 25.5 Å². The summed E-state index contributed by atoms with van der Waals surface area (Å²) in [6.45, 7) is 3.68. The van der Waals surface area contributed by atoms with Gasteiger partial charge in [0, 0.05) is 34.5 Å². The van der Waals surface area contributed by atoms with Gasteiger partial charge in [-0.1, -0.05) is 54.2 Å². The van der Waals surface area contributed by atoms with Crippen molar-refractivity contribution in [3.63, 3.8) is 0 Å². The van der Waals surface area contributed by atoms with Crippen LogP contribution in [0.1, 0.15) is 22.8 Å². The molecule has 1 aliphatic rings. The predicted octanol–water partition coefficient (Wildman–Crippen LogP) is 5.17. The first-order chi connectivity index (χ1) is 14.5. The molecular weight excluding hydrogens is 390 g/mol. The monoisotopic (exact) mass is 417 g/mol. The van der Waals surface area contributed by atoms with Gasteiger partial charge in [0.25, 0.3) is 5.91 Å². The summed E-state index contributed by atoms with van der Waals surface area (Å²) in [5.41, 5.74) is 4.08. The van der Waals surface area contributed by atoms with Crippen LogP contribution in [0.15, 0.2) is 82.6 Å². The molecule has 0 saturated heterocycles. The van der Waals surface area contributed by atoms with E-state index in [1.165, 1.54) is 15.5 Å². The SMILES string of the molecule is CC(CN(C)C)N1c2ccccc2Sc2ccc(C(=O)NCc3ccccc3)cc21. The molecule has 3 aromatic carbocycles. The third-order valence-electron chi connectivity index (χ3n) is 5.19. The van der Waals surface area contributed by atoms with E-state index in [2.05, 4.69) is 66.5 Å². The summed E-state index contributed by atoms with van der Waals surface area (Å²) in [6.07, 6.45) is 0. The van der Waals surface area contributed by atoms with Crippen LogP contribution < -0.4 is 10.2 Å². The predicted molar refractivity (Wildman–Crippen MR) is 125 cm³/mol. The van der Waals surface area contributed by atoms with Crippen molar-refractivity contribution in [3.05, 3.63) is 83.9 Å². The maximum atomic E-state index is 12.9. The quantitative estimate of drug-likeness (QED) is 0.600. The van der Waals surface area contributed by atoms with Crippen molar-refractivity contribution in [3.8, 4) is 0 Å². The molecule has 4 nitrogen and oxygen atoms in total. The molecule has 0 spiro atoms. The summed E-state index contributed by atoms with van der Waals surface area (Å²) < 4.78 is 0. The number of para-hydroxylation sites is 1. The van der Waals surface area contributed by atoms with E-state index in [4.69, 9.17) is 0 Å². The molecule has 0 radical (unpaired) electrons. The van der Waals surface area contributed by atoms with Gasteiger partial charge in [0.05, 0.1) is 11.4 Å². The first-order valence-electron chi connectivity index (χ1n) is 10.2. The minimum Gasteiger partial charge on any atom is -0.348 e. The number of benzene rings is 3. The van der Waals surface area contributed by atoms with E-state index in [1.807, 2.05) is 42.5 Å². The summed E-state index contributed by atoms with van der Waals surface area (Å²) >= 11 is 1.77. The van der Waals surface area contributed by atoms with Gasteiger partial charge in [0.15, 0.2) is 0 Å². The second-order valence-corrected chi connectivity index (χ2v) is 8.99. The Kier molecular flexibility index (Phi) is 6.11. The number of anilines is 2. The number of amides is 1. The molecular formula is C25H27N3OS. The fourth-order valence-electron chi connectivity index (χ4n) is 3.89. The Morgan fingerprint density at radius 2 is 1.67 bits per heavy atom. The van der Waals surface area contributed by atoms with Crippen LogP contribution in [0, 0.1) is 0 Å². The summed E-state index contributed by atoms with van der Waals surface area (Å²) in [7, 11) is 4.19. The third-order valence-corrected chi connectivity index (χ3v) is 6.32. The van der Waals surface area contributed by atoms with E-state index in [1.54, 1.807) is 11.8 Å². The van der Waals surface area contributed by atoms with E-state index >= 15 is 0 Å². The minimum atomic E-state index is -0.0503. The summed E-state index contributed by atoms with van der Waals surface area (Å²) in [5, 5.41) is 3.04. The van der Waals surface area contributed by atoms with Crippen LogP contribution >= 0.6 is 11.8 Å². The third kappa shape index (κ3) is 4.37. The highest BCUT2D eigenvalue weighted by Gasteiger charge is 2.28. The van der Waals surface area contributed by atoms with Crippen LogP contribution in [0.2, 0.25) is 0 Å². The molecule has 4 rings (SSSR count). The second-order valence-electron chi connectivity index (χ2n) is 7.90. The molecule has 0 aromatic heterocycles. The van der Waals surface area contributed by atoms with Crippen molar-refractivity contribution in [2.24, 2.45) is 0 Å². The number of nitrogens with one attached hydrogen (secondary N) is 1. The van der Waals surface area contributed by atoms with Gasteiger partial charge in [0.1, 0.15) is 0 Å². The van der Waals surface area contributed by atoms with Gasteiger partial charge >= 0.3 is 0 Å². The summed E-state index contributed by atoms with van der Waals surface area (Å²) in [6, 6.07) is 24.8. The number of hydrogen-bond acceptors (Lipinski definition) is 4. The zero-order valence-corrected chi connectivity index (χ0v) is 18.4. The van der Waals surface area contributed by atoms with E-state index in [9.17, 15) is 4.79 Å². The summed E-state index contributed by atoms with van der Waals surface area (Å²) in [4.78, 5) is 19.9. The first kappa shape index (κ1) is 20.5. The molecule has 0 bridgehead atoms. The topological polar surface area (TPSA) is 35.6 Å². The lowest BCUT2D eigenvalue weighted by atomic mass is 10.1. The molecule has 0 fully saturated rings. The van der Waals surface area contributed by atoms with Crippen LogP contribution in [0.5, 0.6) is 0 Å². The standard InChI is InChI=1S/C25H27N3OS/c1-18(17-27(2)3)28-21-11-7-8-12-23(21)30-24-14-13-20(15-22(24)28)25(29)26-16-19-9-5-4-6-10-19/h4-15,18H,16-17H2,1-3H3,(H,26,29). The zero-order valence-electron chi connectivity index (χ0n) is 17.6. The normalized spacial score (nSPS) is 13.5. The Balaban J connectivity index is 1.63. The van der Waals surface area contributed by atoms with Gasteiger partial charge in [-0.05, 0) is 56.9 Å². The van der Waals surface area contributed by atoms with Gasteiger partial charge in [-0.15, -0.1) is 0 Å². The number of fused-ring (bicyclic) bond motifs is 2. The molecule has 30 heavy (non-hydrogen) atoms. The summed E-state index contributed by atoms with van der Waals surface area (Å²) in [5.74, 6) is -0.0503. The Morgan fingerprint density at radius 1 is 0.967 bits per heavy atom. The van der Waals surface area contributed by atoms with E-state index < -0.39 is 0 Å². The molecule has 154 valence electrons. The van der Waals surface area contributed by atoms with Crippen molar-refractivity contribution in [2.45, 2.75) is 29.3 Å². The van der Waals surface area contributed by atoms with Crippen molar-refractivity contribution >= 4 is 29.0 Å². The van der Waals surface area contributed by atoms with Crippen LogP contribution in [-0.2, 0) is 6.54 Å². The number of rotatable bonds is 6. The minimum absolute atomic E-state index is 0.0503. The lowest BCUT2D eigenvalue weighted by molar-refractivity contribution is 0.0951. The average molecular weight is 418 g/mol. The molecule has 5 heteroatoms. The number of likely N-dealkylation sites (N-methyl/N-ethyl adjacent to an activating group) is 1. The van der Waals surface area contributed by atoms with E-state index in [0.29, 0.717) is 12.1 Å². The average Bonchev–Trinajstić information content (AvgIpc) is 2.75. The lowest BCUT2D eigenvalue weighted by Gasteiger charge is -2.38. The largest absolute Gasteiger partial charge is 0.348 e. The van der Waals surface area contributed by atoms with Crippen molar-refractivity contribution in [1.29, 1.82) is 0 Å². The second kappa shape index (κ2) is 8.94. The lowest BCUT2D eigenvalue weighted by Crippen LogP contribution is -2.38. The Bertz CT molecular complexity index is 1040. The van der Waals surface area contributed by atoms with Gasteiger partial charge in [0.2, 0.25) is 0 Å². The van der Waals surface area contributed by atoms with E-state index in [-0.39, 0.29) is 11.9 Å². The van der Waals surface area contributed by atoms with Crippen LogP contribution in [0.25, 0.3) is 0 Å². The van der Waals surface area contributed by atoms with E-state index in [0.717, 1.165) is 17.8 Å². The highest BCUT2D eigenvalue weighted by molar-refractivity contribution is 7.99. The van der Waals surface area contributed by atoms with Gasteiger partial charge in [-0.25, -0.2) is 0 Å². The Labute approximate surface area is 182 Å². The zero-order chi connectivity index (χ0) is 21.1. The van der Waals surface area contributed by atoms with Gasteiger partial charge in [-0.2, -0.15) is 0 Å². The maximum Gasteiger partial charge on any atom is 0.251 e. The fraction of sp³-hybridized carbons (Fsp3) is 0.240. The number of hydrogen-bond donors (Lipinski definition) is 1. The fourth-order valence-corrected chi connectivity index (χ4v) is 4.94. The number of nitrogens with zero attached hydrogens (tertiary/aromatic N) is 2.